The first-order chi connectivity index (χ1) is 12.5. The summed E-state index contributed by atoms with van der Waals surface area (Å²) in [5.74, 6) is 0.246. The van der Waals surface area contributed by atoms with Gasteiger partial charge in [-0.25, -0.2) is 4.79 Å². The molecule has 1 aliphatic rings. The third-order valence-electron chi connectivity index (χ3n) is 4.72. The molecule has 0 aromatic heterocycles. The minimum absolute atomic E-state index is 0.00670. The maximum Gasteiger partial charge on any atom is 0.410 e. The fraction of sp³-hybridized carbons (Fsp3) is 0.619. The lowest BCUT2D eigenvalue weighted by molar-refractivity contribution is 0.0280. The summed E-state index contributed by atoms with van der Waals surface area (Å²) < 4.78 is 5.47. The number of nitrogens with zero attached hydrogens (tertiary/aromatic N) is 1. The number of likely N-dealkylation sites (tertiary alicyclic amines) is 1. The maximum atomic E-state index is 13.3. The number of benzene rings is 1. The van der Waals surface area contributed by atoms with Crippen molar-refractivity contribution >= 4 is 35.1 Å². The van der Waals surface area contributed by atoms with Crippen LogP contribution < -0.4 is 0 Å². The molecule has 0 N–H and O–H groups in total. The molecule has 0 spiro atoms. The van der Waals surface area contributed by atoms with E-state index < -0.39 is 5.60 Å². The van der Waals surface area contributed by atoms with Crippen LogP contribution in [-0.4, -0.2) is 35.5 Å². The summed E-state index contributed by atoms with van der Waals surface area (Å²) in [4.78, 5) is 27.3. The number of ketones is 1. The summed E-state index contributed by atoms with van der Waals surface area (Å²) in [7, 11) is 0. The second-order valence-corrected chi connectivity index (χ2v) is 9.46. The van der Waals surface area contributed by atoms with Crippen LogP contribution in [0.4, 0.5) is 4.79 Å². The van der Waals surface area contributed by atoms with Crippen molar-refractivity contribution in [2.45, 2.75) is 53.1 Å². The predicted molar refractivity (Wildman–Crippen MR) is 110 cm³/mol. The van der Waals surface area contributed by atoms with Gasteiger partial charge in [0.05, 0.1) is 10.0 Å². The van der Waals surface area contributed by atoms with Crippen LogP contribution >= 0.6 is 23.2 Å². The van der Waals surface area contributed by atoms with Crippen LogP contribution in [0.2, 0.25) is 10.0 Å². The van der Waals surface area contributed by atoms with Gasteiger partial charge in [-0.3, -0.25) is 4.79 Å². The van der Waals surface area contributed by atoms with Crippen LogP contribution in [0.25, 0.3) is 0 Å². The molecule has 6 heteroatoms. The standard InChI is InChI=1S/C21H29Cl2NO3/c1-13(2)11-16(19(25)15-7-6-8-17(22)18(15)23)14-9-10-24(12-14)20(26)27-21(3,4)5/h6-8,13-14,16H,9-12H2,1-5H3/t14-,16?/m0/s1. The molecule has 1 unspecified atom stereocenters. The Bertz CT molecular complexity index is 697. The topological polar surface area (TPSA) is 46.6 Å². The summed E-state index contributed by atoms with van der Waals surface area (Å²) in [6.07, 6.45) is 1.20. The second kappa shape index (κ2) is 8.83. The van der Waals surface area contributed by atoms with E-state index in [1.807, 2.05) is 20.8 Å². The molecule has 1 aliphatic heterocycles. The van der Waals surface area contributed by atoms with Gasteiger partial charge < -0.3 is 9.64 Å². The van der Waals surface area contributed by atoms with E-state index >= 15 is 0 Å². The van der Waals surface area contributed by atoms with E-state index in [0.29, 0.717) is 34.6 Å². The Morgan fingerprint density at radius 2 is 1.93 bits per heavy atom. The average molecular weight is 414 g/mol. The van der Waals surface area contributed by atoms with Crippen molar-refractivity contribution in [1.29, 1.82) is 0 Å². The molecule has 1 amide bonds. The molecule has 1 fully saturated rings. The van der Waals surface area contributed by atoms with Crippen molar-refractivity contribution in [3.63, 3.8) is 0 Å². The first-order valence-corrected chi connectivity index (χ1v) is 10.2. The molecule has 2 atom stereocenters. The Morgan fingerprint density at radius 3 is 2.52 bits per heavy atom. The summed E-state index contributed by atoms with van der Waals surface area (Å²) in [6.45, 7) is 10.9. The molecular weight excluding hydrogens is 385 g/mol. The molecule has 27 heavy (non-hydrogen) atoms. The molecule has 0 saturated carbocycles. The Hall–Kier alpha value is -1.26. The number of rotatable bonds is 5. The number of hydrogen-bond donors (Lipinski definition) is 0. The van der Waals surface area contributed by atoms with Crippen molar-refractivity contribution in [3.05, 3.63) is 33.8 Å². The minimum atomic E-state index is -0.531. The zero-order valence-corrected chi connectivity index (χ0v) is 18.2. The van der Waals surface area contributed by atoms with Gasteiger partial charge >= 0.3 is 6.09 Å². The summed E-state index contributed by atoms with van der Waals surface area (Å²) in [5, 5.41) is 0.688. The minimum Gasteiger partial charge on any atom is -0.444 e. The molecule has 1 heterocycles. The lowest BCUT2D eigenvalue weighted by Crippen LogP contribution is -2.36. The average Bonchev–Trinajstić information content (AvgIpc) is 3.03. The molecule has 4 nitrogen and oxygen atoms in total. The summed E-state index contributed by atoms with van der Waals surface area (Å²) in [6, 6.07) is 5.15. The van der Waals surface area contributed by atoms with E-state index in [2.05, 4.69) is 13.8 Å². The quantitative estimate of drug-likeness (QED) is 0.548. The van der Waals surface area contributed by atoms with Crippen LogP contribution in [0, 0.1) is 17.8 Å². The number of hydrogen-bond acceptors (Lipinski definition) is 3. The lowest BCUT2D eigenvalue weighted by atomic mass is 9.80. The van der Waals surface area contributed by atoms with E-state index in [-0.39, 0.29) is 23.7 Å². The molecule has 1 aromatic rings. The SMILES string of the molecule is CC(C)CC(C(=O)c1cccc(Cl)c1Cl)[C@H]1CCN(C(=O)OC(C)(C)C)C1. The number of ether oxygens (including phenoxy) is 1. The normalized spacial score (nSPS) is 18.7. The number of carbonyl (C=O) groups is 2. The van der Waals surface area contributed by atoms with Gasteiger partial charge in [-0.2, -0.15) is 0 Å². The van der Waals surface area contributed by atoms with Crippen molar-refractivity contribution in [2.75, 3.05) is 13.1 Å². The van der Waals surface area contributed by atoms with E-state index in [4.69, 9.17) is 27.9 Å². The molecule has 0 radical (unpaired) electrons. The number of halogens is 2. The first kappa shape index (κ1) is 22.0. The smallest absolute Gasteiger partial charge is 0.410 e. The van der Waals surface area contributed by atoms with E-state index in [9.17, 15) is 9.59 Å². The summed E-state index contributed by atoms with van der Waals surface area (Å²) in [5.41, 5.74) is -0.0677. The van der Waals surface area contributed by atoms with Crippen molar-refractivity contribution < 1.29 is 14.3 Å². The highest BCUT2D eigenvalue weighted by Crippen LogP contribution is 2.35. The Balaban J connectivity index is 2.18. The molecule has 2 rings (SSSR count). The molecule has 0 bridgehead atoms. The predicted octanol–water partition coefficient (Wildman–Crippen LogP) is 6.10. The van der Waals surface area contributed by atoms with Gasteiger partial charge in [-0.05, 0) is 57.6 Å². The van der Waals surface area contributed by atoms with Crippen LogP contribution in [0.3, 0.4) is 0 Å². The second-order valence-electron chi connectivity index (χ2n) is 8.68. The number of Topliss-reactive ketones (excluding diaryl/α,β-unsaturated/α-hetero) is 1. The van der Waals surface area contributed by atoms with Crippen LogP contribution in [0.15, 0.2) is 18.2 Å². The Kier molecular flexibility index (Phi) is 7.20. The highest BCUT2D eigenvalue weighted by atomic mass is 35.5. The monoisotopic (exact) mass is 413 g/mol. The highest BCUT2D eigenvalue weighted by molar-refractivity contribution is 6.44. The van der Waals surface area contributed by atoms with Gasteiger partial charge in [0, 0.05) is 24.6 Å². The van der Waals surface area contributed by atoms with Crippen LogP contribution in [0.5, 0.6) is 0 Å². The fourth-order valence-corrected chi connectivity index (χ4v) is 3.92. The molecule has 1 saturated heterocycles. The van der Waals surface area contributed by atoms with Gasteiger partial charge in [0.25, 0.3) is 0 Å². The molecular formula is C21H29Cl2NO3. The molecule has 1 aromatic carbocycles. The third-order valence-corrected chi connectivity index (χ3v) is 5.54. The lowest BCUT2D eigenvalue weighted by Gasteiger charge is -2.27. The van der Waals surface area contributed by atoms with Crippen LogP contribution in [0.1, 0.15) is 57.8 Å². The largest absolute Gasteiger partial charge is 0.444 e. The number of carbonyl (C=O) groups excluding carboxylic acids is 2. The van der Waals surface area contributed by atoms with E-state index in [1.54, 1.807) is 23.1 Å². The van der Waals surface area contributed by atoms with E-state index in [1.165, 1.54) is 0 Å². The fourth-order valence-electron chi connectivity index (χ4n) is 3.52. The zero-order chi connectivity index (χ0) is 20.4. The maximum absolute atomic E-state index is 13.3. The van der Waals surface area contributed by atoms with Crippen LogP contribution in [-0.2, 0) is 4.74 Å². The summed E-state index contributed by atoms with van der Waals surface area (Å²) >= 11 is 12.4. The van der Waals surface area contributed by atoms with Gasteiger partial charge in [0.1, 0.15) is 5.60 Å². The van der Waals surface area contributed by atoms with Gasteiger partial charge in [-0.15, -0.1) is 0 Å². The van der Waals surface area contributed by atoms with Gasteiger partial charge in [-0.1, -0.05) is 43.1 Å². The van der Waals surface area contributed by atoms with Crippen molar-refractivity contribution in [1.82, 2.24) is 4.90 Å². The Morgan fingerprint density at radius 1 is 1.26 bits per heavy atom. The zero-order valence-electron chi connectivity index (χ0n) is 16.7. The highest BCUT2D eigenvalue weighted by Gasteiger charge is 2.38. The molecule has 150 valence electrons. The Labute approximate surface area is 172 Å². The third kappa shape index (κ3) is 5.86. The van der Waals surface area contributed by atoms with Crippen molar-refractivity contribution in [3.8, 4) is 0 Å². The van der Waals surface area contributed by atoms with Crippen molar-refractivity contribution in [2.24, 2.45) is 17.8 Å². The first-order valence-electron chi connectivity index (χ1n) is 9.45. The number of amides is 1. The molecule has 0 aliphatic carbocycles. The van der Waals surface area contributed by atoms with E-state index in [0.717, 1.165) is 12.8 Å². The van der Waals surface area contributed by atoms with Gasteiger partial charge in [0.2, 0.25) is 0 Å². The van der Waals surface area contributed by atoms with Gasteiger partial charge in [0.15, 0.2) is 5.78 Å².